The number of H-pyrrole nitrogens is 1. The minimum absolute atomic E-state index is 0.00882. The minimum Gasteiger partial charge on any atom is -0.492 e. The molecule has 3 heterocycles. The van der Waals surface area contributed by atoms with Crippen molar-refractivity contribution >= 4 is 27.6 Å². The van der Waals surface area contributed by atoms with Gasteiger partial charge in [-0.3, -0.25) is 14.3 Å². The fourth-order valence-corrected chi connectivity index (χ4v) is 4.36. The van der Waals surface area contributed by atoms with Crippen molar-refractivity contribution in [3.63, 3.8) is 0 Å². The first-order valence-corrected chi connectivity index (χ1v) is 10.9. The predicted molar refractivity (Wildman–Crippen MR) is 124 cm³/mol. The van der Waals surface area contributed by atoms with Crippen molar-refractivity contribution in [2.45, 2.75) is 13.5 Å². The van der Waals surface area contributed by atoms with Crippen LogP contribution < -0.4 is 15.2 Å². The van der Waals surface area contributed by atoms with Gasteiger partial charge in [-0.25, -0.2) is 4.98 Å². The van der Waals surface area contributed by atoms with E-state index in [9.17, 15) is 4.79 Å². The van der Waals surface area contributed by atoms with E-state index in [1.165, 1.54) is 0 Å². The van der Waals surface area contributed by atoms with Gasteiger partial charge >= 0.3 is 0 Å². The molecule has 1 aliphatic rings. The minimum atomic E-state index is -0.00882. The zero-order valence-corrected chi connectivity index (χ0v) is 17.8. The summed E-state index contributed by atoms with van der Waals surface area (Å²) in [5, 5.41) is 0.991. The molecular weight excluding hydrogens is 390 g/mol. The third-order valence-electron chi connectivity index (χ3n) is 6.01. The molecule has 0 atom stereocenters. The van der Waals surface area contributed by atoms with Crippen molar-refractivity contribution < 1.29 is 4.74 Å². The number of ether oxygens (including phenoxy) is 1. The Bertz CT molecular complexity index is 1250. The van der Waals surface area contributed by atoms with Gasteiger partial charge in [0.15, 0.2) is 0 Å². The molecule has 160 valence electrons. The molecule has 7 nitrogen and oxygen atoms in total. The Kier molecular flexibility index (Phi) is 5.34. The highest BCUT2D eigenvalue weighted by Crippen LogP contribution is 2.28. The molecular formula is C24H27N5O2. The fourth-order valence-electron chi connectivity index (χ4n) is 4.36. The van der Waals surface area contributed by atoms with Gasteiger partial charge < -0.3 is 14.6 Å². The van der Waals surface area contributed by atoms with Crippen LogP contribution in [0, 0.1) is 0 Å². The summed E-state index contributed by atoms with van der Waals surface area (Å²) in [6.07, 6.45) is 1.68. The summed E-state index contributed by atoms with van der Waals surface area (Å²) in [6, 6.07) is 16.1. The molecule has 0 saturated carbocycles. The zero-order valence-electron chi connectivity index (χ0n) is 17.8. The molecule has 2 aromatic carbocycles. The SMILES string of the molecule is CCOc1ccccc1N1CCN(CCn2cnc3c([nH]c4ccccc43)c2=O)CC1. The Morgan fingerprint density at radius 1 is 1.00 bits per heavy atom. The van der Waals surface area contributed by atoms with Gasteiger partial charge in [0, 0.05) is 50.2 Å². The Morgan fingerprint density at radius 2 is 1.77 bits per heavy atom. The average Bonchev–Trinajstić information content (AvgIpc) is 3.19. The second-order valence-electron chi connectivity index (χ2n) is 7.87. The lowest BCUT2D eigenvalue weighted by atomic mass is 10.2. The number of hydrogen-bond donors (Lipinski definition) is 1. The first-order chi connectivity index (χ1) is 15.2. The van der Waals surface area contributed by atoms with E-state index in [1.807, 2.05) is 43.3 Å². The van der Waals surface area contributed by atoms with Gasteiger partial charge in [-0.2, -0.15) is 0 Å². The Hall–Kier alpha value is -3.32. The third kappa shape index (κ3) is 3.77. The van der Waals surface area contributed by atoms with Crippen LogP contribution in [0.4, 0.5) is 5.69 Å². The molecule has 1 saturated heterocycles. The quantitative estimate of drug-likeness (QED) is 0.522. The van der Waals surface area contributed by atoms with Crippen LogP contribution in [-0.2, 0) is 6.54 Å². The van der Waals surface area contributed by atoms with E-state index in [0.717, 1.165) is 60.6 Å². The van der Waals surface area contributed by atoms with Crippen molar-refractivity contribution in [3.8, 4) is 5.75 Å². The number of para-hydroxylation sites is 3. The second-order valence-corrected chi connectivity index (χ2v) is 7.87. The second kappa shape index (κ2) is 8.43. The van der Waals surface area contributed by atoms with Crippen LogP contribution in [0.1, 0.15) is 6.92 Å². The highest BCUT2D eigenvalue weighted by molar-refractivity contribution is 6.04. The number of benzene rings is 2. The molecule has 31 heavy (non-hydrogen) atoms. The Balaban J connectivity index is 1.25. The summed E-state index contributed by atoms with van der Waals surface area (Å²) in [4.78, 5) is 25.5. The van der Waals surface area contributed by atoms with Crippen molar-refractivity contribution in [2.75, 3.05) is 44.2 Å². The number of aromatic nitrogens is 3. The summed E-state index contributed by atoms with van der Waals surface area (Å²) in [5.41, 5.74) is 3.43. The van der Waals surface area contributed by atoms with Crippen LogP contribution in [0.2, 0.25) is 0 Å². The number of aromatic amines is 1. The molecule has 4 aromatic rings. The number of anilines is 1. The van der Waals surface area contributed by atoms with E-state index in [1.54, 1.807) is 10.9 Å². The molecule has 1 aliphatic heterocycles. The molecule has 0 unspecified atom stereocenters. The monoisotopic (exact) mass is 417 g/mol. The lowest BCUT2D eigenvalue weighted by Crippen LogP contribution is -2.47. The van der Waals surface area contributed by atoms with E-state index < -0.39 is 0 Å². The van der Waals surface area contributed by atoms with Gasteiger partial charge in [0.05, 0.1) is 18.6 Å². The number of nitrogens with one attached hydrogen (secondary N) is 1. The summed E-state index contributed by atoms with van der Waals surface area (Å²) >= 11 is 0. The van der Waals surface area contributed by atoms with Crippen LogP contribution >= 0.6 is 0 Å². The van der Waals surface area contributed by atoms with Crippen LogP contribution in [0.15, 0.2) is 59.7 Å². The van der Waals surface area contributed by atoms with Gasteiger partial charge in [0.2, 0.25) is 0 Å². The predicted octanol–water partition coefficient (Wildman–Crippen LogP) is 3.10. The van der Waals surface area contributed by atoms with Crippen LogP contribution in [0.3, 0.4) is 0 Å². The van der Waals surface area contributed by atoms with Crippen molar-refractivity contribution in [1.82, 2.24) is 19.4 Å². The maximum Gasteiger partial charge on any atom is 0.277 e. The highest BCUT2D eigenvalue weighted by Gasteiger charge is 2.20. The van der Waals surface area contributed by atoms with E-state index in [2.05, 4.69) is 31.9 Å². The molecule has 5 rings (SSSR count). The largest absolute Gasteiger partial charge is 0.492 e. The first kappa shape index (κ1) is 19.6. The maximum atomic E-state index is 13.0. The molecule has 0 spiro atoms. The summed E-state index contributed by atoms with van der Waals surface area (Å²) in [5.74, 6) is 0.947. The molecule has 0 bridgehead atoms. The number of fused-ring (bicyclic) bond motifs is 3. The molecule has 0 aliphatic carbocycles. The smallest absolute Gasteiger partial charge is 0.277 e. The molecule has 1 N–H and O–H groups in total. The Morgan fingerprint density at radius 3 is 2.61 bits per heavy atom. The highest BCUT2D eigenvalue weighted by atomic mass is 16.5. The van der Waals surface area contributed by atoms with Crippen molar-refractivity contribution in [2.24, 2.45) is 0 Å². The number of rotatable bonds is 6. The molecule has 0 radical (unpaired) electrons. The zero-order chi connectivity index (χ0) is 21.2. The van der Waals surface area contributed by atoms with Gasteiger partial charge in [0.1, 0.15) is 16.8 Å². The van der Waals surface area contributed by atoms with E-state index in [-0.39, 0.29) is 5.56 Å². The van der Waals surface area contributed by atoms with Crippen LogP contribution in [0.5, 0.6) is 5.75 Å². The topological polar surface area (TPSA) is 66.4 Å². The molecule has 0 amide bonds. The fraction of sp³-hybridized carbons (Fsp3) is 0.333. The van der Waals surface area contributed by atoms with Crippen LogP contribution in [0.25, 0.3) is 21.9 Å². The standard InChI is InChI=1S/C24H27N5O2/c1-2-31-21-10-6-5-9-20(21)28-14-11-27(12-15-28)13-16-29-17-25-22-18-7-3-4-8-19(18)26-23(22)24(29)30/h3-10,17,26H,2,11-16H2,1H3. The summed E-state index contributed by atoms with van der Waals surface area (Å²) < 4.78 is 7.51. The number of nitrogens with zero attached hydrogens (tertiary/aromatic N) is 4. The Labute approximate surface area is 180 Å². The van der Waals surface area contributed by atoms with Crippen LogP contribution in [-0.4, -0.2) is 58.8 Å². The number of piperazine rings is 1. The van der Waals surface area contributed by atoms with Gasteiger partial charge in [0.25, 0.3) is 5.56 Å². The van der Waals surface area contributed by atoms with Crippen molar-refractivity contribution in [1.29, 1.82) is 0 Å². The van der Waals surface area contributed by atoms with E-state index in [0.29, 0.717) is 18.7 Å². The van der Waals surface area contributed by atoms with E-state index >= 15 is 0 Å². The van der Waals surface area contributed by atoms with E-state index in [4.69, 9.17) is 4.74 Å². The molecule has 7 heteroatoms. The summed E-state index contributed by atoms with van der Waals surface area (Å²) in [6.45, 7) is 7.94. The lowest BCUT2D eigenvalue weighted by Gasteiger charge is -2.36. The first-order valence-electron chi connectivity index (χ1n) is 10.9. The normalized spacial score (nSPS) is 15.1. The van der Waals surface area contributed by atoms with Gasteiger partial charge in [-0.1, -0.05) is 30.3 Å². The third-order valence-corrected chi connectivity index (χ3v) is 6.01. The van der Waals surface area contributed by atoms with Gasteiger partial charge in [-0.05, 0) is 25.1 Å². The average molecular weight is 418 g/mol. The summed E-state index contributed by atoms with van der Waals surface area (Å²) in [7, 11) is 0. The van der Waals surface area contributed by atoms with Gasteiger partial charge in [-0.15, -0.1) is 0 Å². The lowest BCUT2D eigenvalue weighted by molar-refractivity contribution is 0.246. The molecule has 1 fully saturated rings. The van der Waals surface area contributed by atoms with Crippen molar-refractivity contribution in [3.05, 3.63) is 65.2 Å². The molecule has 2 aromatic heterocycles. The maximum absolute atomic E-state index is 13.0. The number of hydrogen-bond acceptors (Lipinski definition) is 5.